The molecule has 0 aliphatic heterocycles. The molecule has 0 aliphatic carbocycles. The minimum Gasteiger partial charge on any atom is -0.378 e. The molecule has 0 atom stereocenters. The third-order valence-corrected chi connectivity index (χ3v) is 3.62. The molecule has 0 saturated carbocycles. The number of halogens is 4. The molecule has 0 unspecified atom stereocenters. The number of nitrogens with zero attached hydrogens (tertiary/aromatic N) is 2. The van der Waals surface area contributed by atoms with Crippen LogP contribution in [0.1, 0.15) is 5.69 Å². The topological polar surface area (TPSA) is 35.0 Å². The summed E-state index contributed by atoms with van der Waals surface area (Å²) in [7, 11) is 1.50. The van der Waals surface area contributed by atoms with Crippen molar-refractivity contribution in [2.75, 3.05) is 7.11 Å². The van der Waals surface area contributed by atoms with Gasteiger partial charge in [-0.3, -0.25) is 0 Å². The monoisotopic (exact) mass is 348 g/mol. The van der Waals surface area contributed by atoms with E-state index in [0.717, 1.165) is 18.2 Å². The third kappa shape index (κ3) is 3.26. The van der Waals surface area contributed by atoms with Gasteiger partial charge in [0.1, 0.15) is 16.8 Å². The summed E-state index contributed by atoms with van der Waals surface area (Å²) in [6.45, 7) is 0.202. The predicted molar refractivity (Wildman–Crippen MR) is 70.8 cm³/mol. The molecule has 2 rings (SSSR count). The molecule has 2 aromatic rings. The Labute approximate surface area is 121 Å². The maximum Gasteiger partial charge on any atom is 0.161 e. The lowest BCUT2D eigenvalue weighted by atomic mass is 10.2. The van der Waals surface area contributed by atoms with Crippen LogP contribution in [-0.2, 0) is 11.3 Å². The van der Waals surface area contributed by atoms with Crippen LogP contribution >= 0.6 is 27.5 Å². The van der Waals surface area contributed by atoms with E-state index in [2.05, 4.69) is 25.9 Å². The van der Waals surface area contributed by atoms with Gasteiger partial charge in [-0.2, -0.15) is 0 Å². The van der Waals surface area contributed by atoms with Gasteiger partial charge in [-0.15, -0.1) is 0 Å². The van der Waals surface area contributed by atoms with Crippen molar-refractivity contribution in [2.45, 2.75) is 6.61 Å². The Morgan fingerprint density at radius 2 is 1.84 bits per heavy atom. The van der Waals surface area contributed by atoms with E-state index >= 15 is 0 Å². The molecule has 0 spiro atoms. The highest BCUT2D eigenvalue weighted by Crippen LogP contribution is 2.28. The molecule has 0 amide bonds. The van der Waals surface area contributed by atoms with Crippen LogP contribution < -0.4 is 0 Å². The standard InChI is InChI=1S/C12H8BrClF2N2O/c1-19-5-9-10(13)11(14)18-12(17-9)6-2-7(15)4-8(16)3-6/h2-4H,5H2,1H3. The van der Waals surface area contributed by atoms with Crippen LogP contribution in [-0.4, -0.2) is 17.1 Å². The number of benzene rings is 1. The SMILES string of the molecule is COCc1nc(-c2cc(F)cc(F)c2)nc(Cl)c1Br. The number of aromatic nitrogens is 2. The van der Waals surface area contributed by atoms with Crippen LogP contribution in [0.25, 0.3) is 11.4 Å². The van der Waals surface area contributed by atoms with E-state index in [1.807, 2.05) is 0 Å². The lowest BCUT2D eigenvalue weighted by molar-refractivity contribution is 0.181. The van der Waals surface area contributed by atoms with Gasteiger partial charge in [0.05, 0.1) is 16.8 Å². The van der Waals surface area contributed by atoms with Crippen molar-refractivity contribution in [2.24, 2.45) is 0 Å². The van der Waals surface area contributed by atoms with Gasteiger partial charge in [0, 0.05) is 18.7 Å². The van der Waals surface area contributed by atoms with Gasteiger partial charge in [0.25, 0.3) is 0 Å². The molecule has 1 heterocycles. The molecule has 0 radical (unpaired) electrons. The molecule has 100 valence electrons. The van der Waals surface area contributed by atoms with Gasteiger partial charge in [0.15, 0.2) is 5.82 Å². The summed E-state index contributed by atoms with van der Waals surface area (Å²) in [6, 6.07) is 3.05. The second-order valence-corrected chi connectivity index (χ2v) is 4.84. The van der Waals surface area contributed by atoms with Crippen LogP contribution in [0, 0.1) is 11.6 Å². The van der Waals surface area contributed by atoms with E-state index in [-0.39, 0.29) is 23.1 Å². The van der Waals surface area contributed by atoms with E-state index in [0.29, 0.717) is 10.2 Å². The first-order valence-electron chi connectivity index (χ1n) is 5.18. The summed E-state index contributed by atoms with van der Waals surface area (Å²) in [6.07, 6.45) is 0. The van der Waals surface area contributed by atoms with E-state index < -0.39 is 11.6 Å². The van der Waals surface area contributed by atoms with Crippen LogP contribution in [0.4, 0.5) is 8.78 Å². The van der Waals surface area contributed by atoms with Crippen molar-refractivity contribution in [1.29, 1.82) is 0 Å². The summed E-state index contributed by atoms with van der Waals surface area (Å²) in [5.74, 6) is -1.27. The van der Waals surface area contributed by atoms with Crippen LogP contribution in [0.5, 0.6) is 0 Å². The number of ether oxygens (including phenoxy) is 1. The van der Waals surface area contributed by atoms with Crippen LogP contribution in [0.15, 0.2) is 22.7 Å². The summed E-state index contributed by atoms with van der Waals surface area (Å²) in [5.41, 5.74) is 0.714. The van der Waals surface area contributed by atoms with E-state index in [1.165, 1.54) is 7.11 Å². The largest absolute Gasteiger partial charge is 0.378 e. The Morgan fingerprint density at radius 1 is 1.21 bits per heavy atom. The van der Waals surface area contributed by atoms with Gasteiger partial charge in [-0.25, -0.2) is 18.7 Å². The van der Waals surface area contributed by atoms with Crippen LogP contribution in [0.2, 0.25) is 5.15 Å². The molecule has 3 nitrogen and oxygen atoms in total. The zero-order valence-electron chi connectivity index (χ0n) is 9.75. The molecular weight excluding hydrogens is 341 g/mol. The van der Waals surface area contributed by atoms with Crippen molar-refractivity contribution < 1.29 is 13.5 Å². The van der Waals surface area contributed by atoms with E-state index in [1.54, 1.807) is 0 Å². The Kier molecular flexibility index (Phi) is 4.44. The highest BCUT2D eigenvalue weighted by molar-refractivity contribution is 9.10. The van der Waals surface area contributed by atoms with Crippen LogP contribution in [0.3, 0.4) is 0 Å². The highest BCUT2D eigenvalue weighted by Gasteiger charge is 2.13. The molecule has 19 heavy (non-hydrogen) atoms. The van der Waals surface area contributed by atoms with Gasteiger partial charge in [-0.05, 0) is 28.1 Å². The molecule has 0 bridgehead atoms. The molecule has 1 aromatic carbocycles. The van der Waals surface area contributed by atoms with Gasteiger partial charge in [-0.1, -0.05) is 11.6 Å². The van der Waals surface area contributed by atoms with Crippen molar-refractivity contribution >= 4 is 27.5 Å². The first-order chi connectivity index (χ1) is 9.01. The first kappa shape index (κ1) is 14.3. The Bertz CT molecular complexity index is 605. The van der Waals surface area contributed by atoms with Gasteiger partial charge in [0.2, 0.25) is 0 Å². The number of methoxy groups -OCH3 is 1. The van der Waals surface area contributed by atoms with E-state index in [9.17, 15) is 8.78 Å². The van der Waals surface area contributed by atoms with Crippen molar-refractivity contribution in [3.05, 3.63) is 45.2 Å². The molecule has 0 N–H and O–H groups in total. The summed E-state index contributed by atoms with van der Waals surface area (Å²) < 4.78 is 31.8. The molecule has 1 aromatic heterocycles. The first-order valence-corrected chi connectivity index (χ1v) is 6.35. The smallest absolute Gasteiger partial charge is 0.161 e. The zero-order chi connectivity index (χ0) is 14.0. The molecule has 0 saturated heterocycles. The summed E-state index contributed by atoms with van der Waals surface area (Å²) in [5, 5.41) is 0.154. The fourth-order valence-corrected chi connectivity index (χ4v) is 1.99. The zero-order valence-corrected chi connectivity index (χ0v) is 12.1. The minimum atomic E-state index is -0.703. The Hall–Kier alpha value is -1.11. The molecule has 0 fully saturated rings. The molecule has 0 aliphatic rings. The van der Waals surface area contributed by atoms with E-state index in [4.69, 9.17) is 16.3 Å². The Morgan fingerprint density at radius 3 is 2.42 bits per heavy atom. The summed E-state index contributed by atoms with van der Waals surface area (Å²) in [4.78, 5) is 8.16. The minimum absolute atomic E-state index is 0.138. The number of hydrogen-bond acceptors (Lipinski definition) is 3. The third-order valence-electron chi connectivity index (χ3n) is 2.28. The molecule has 7 heteroatoms. The summed E-state index contributed by atoms with van der Waals surface area (Å²) >= 11 is 9.17. The van der Waals surface area contributed by atoms with Crippen molar-refractivity contribution in [3.63, 3.8) is 0 Å². The fourth-order valence-electron chi connectivity index (χ4n) is 1.51. The Balaban J connectivity index is 2.55. The lowest BCUT2D eigenvalue weighted by Gasteiger charge is -2.08. The molecular formula is C12H8BrClF2N2O. The van der Waals surface area contributed by atoms with Gasteiger partial charge >= 0.3 is 0 Å². The number of hydrogen-bond donors (Lipinski definition) is 0. The highest BCUT2D eigenvalue weighted by atomic mass is 79.9. The fraction of sp³-hybridized carbons (Fsp3) is 0.167. The second kappa shape index (κ2) is 5.90. The average molecular weight is 350 g/mol. The predicted octanol–water partition coefficient (Wildman–Crippen LogP) is 3.98. The normalized spacial score (nSPS) is 10.8. The second-order valence-electron chi connectivity index (χ2n) is 3.69. The van der Waals surface area contributed by atoms with Gasteiger partial charge < -0.3 is 4.74 Å². The van der Waals surface area contributed by atoms with Crippen molar-refractivity contribution in [3.8, 4) is 11.4 Å². The average Bonchev–Trinajstić information content (AvgIpc) is 2.33. The van der Waals surface area contributed by atoms with Crippen molar-refractivity contribution in [1.82, 2.24) is 9.97 Å². The quantitative estimate of drug-likeness (QED) is 0.786. The maximum atomic E-state index is 13.2. The maximum absolute atomic E-state index is 13.2. The number of rotatable bonds is 3. The lowest BCUT2D eigenvalue weighted by Crippen LogP contribution is -2.00.